The molecule has 0 saturated heterocycles. The maximum atomic E-state index is 9.22. The molecule has 0 unspecified atom stereocenters. The van der Waals surface area contributed by atoms with Crippen LogP contribution in [0.1, 0.15) is 23.7 Å². The summed E-state index contributed by atoms with van der Waals surface area (Å²) in [6.07, 6.45) is 2.46. The van der Waals surface area contributed by atoms with Gasteiger partial charge in [0.05, 0.1) is 5.69 Å². The molecule has 0 aliphatic carbocycles. The summed E-state index contributed by atoms with van der Waals surface area (Å²) < 4.78 is 1.06. The second kappa shape index (κ2) is 7.38. The first-order chi connectivity index (χ1) is 9.31. The van der Waals surface area contributed by atoms with Crippen molar-refractivity contribution in [2.24, 2.45) is 0 Å². The van der Waals surface area contributed by atoms with Crippen molar-refractivity contribution in [3.05, 3.63) is 64.4 Å². The minimum atomic E-state index is 0.114. The van der Waals surface area contributed by atoms with Gasteiger partial charge in [-0.2, -0.15) is 0 Å². The summed E-state index contributed by atoms with van der Waals surface area (Å²) in [7, 11) is 0. The van der Waals surface area contributed by atoms with E-state index in [1.54, 1.807) is 6.20 Å². The number of nitrogens with zero attached hydrogens (tertiary/aromatic N) is 1. The lowest BCUT2D eigenvalue weighted by Gasteiger charge is -2.19. The Morgan fingerprint density at radius 2 is 1.95 bits per heavy atom. The molecule has 100 valence electrons. The van der Waals surface area contributed by atoms with E-state index in [1.807, 2.05) is 36.4 Å². The van der Waals surface area contributed by atoms with Crippen molar-refractivity contribution in [1.82, 2.24) is 10.3 Å². The van der Waals surface area contributed by atoms with Gasteiger partial charge in [-0.25, -0.2) is 0 Å². The molecule has 0 saturated carbocycles. The van der Waals surface area contributed by atoms with E-state index in [0.29, 0.717) is 13.0 Å². The largest absolute Gasteiger partial charge is 0.396 e. The van der Waals surface area contributed by atoms with Gasteiger partial charge in [0.25, 0.3) is 0 Å². The van der Waals surface area contributed by atoms with E-state index in [1.165, 1.54) is 0 Å². The fraction of sp³-hybridized carbons (Fsp3) is 0.267. The van der Waals surface area contributed by atoms with E-state index >= 15 is 0 Å². The second-order valence-corrected chi connectivity index (χ2v) is 5.14. The Labute approximate surface area is 121 Å². The second-order valence-electron chi connectivity index (χ2n) is 4.29. The molecule has 0 spiro atoms. The maximum Gasteiger partial charge on any atom is 0.0541 e. The van der Waals surface area contributed by atoms with Crippen LogP contribution in [-0.2, 0) is 6.54 Å². The number of hydrogen-bond acceptors (Lipinski definition) is 3. The van der Waals surface area contributed by atoms with Gasteiger partial charge in [-0.3, -0.25) is 4.98 Å². The van der Waals surface area contributed by atoms with E-state index in [9.17, 15) is 5.11 Å². The molecule has 0 bridgehead atoms. The van der Waals surface area contributed by atoms with E-state index in [2.05, 4.69) is 32.3 Å². The lowest BCUT2D eigenvalue weighted by Crippen LogP contribution is -2.22. The number of hydrogen-bond donors (Lipinski definition) is 2. The average Bonchev–Trinajstić information content (AvgIpc) is 2.45. The topological polar surface area (TPSA) is 45.1 Å². The molecule has 1 atom stereocenters. The Balaban J connectivity index is 2.07. The van der Waals surface area contributed by atoms with Gasteiger partial charge in [-0.15, -0.1) is 0 Å². The van der Waals surface area contributed by atoms with Crippen LogP contribution in [0.25, 0.3) is 0 Å². The third-order valence-corrected chi connectivity index (χ3v) is 3.68. The molecule has 0 fully saturated rings. The van der Waals surface area contributed by atoms with Crippen LogP contribution in [0.2, 0.25) is 0 Å². The van der Waals surface area contributed by atoms with E-state index in [4.69, 9.17) is 0 Å². The van der Waals surface area contributed by atoms with Crippen molar-refractivity contribution in [1.29, 1.82) is 0 Å². The predicted octanol–water partition coefficient (Wildman–Crippen LogP) is 3.06. The van der Waals surface area contributed by atoms with E-state index in [0.717, 1.165) is 15.7 Å². The zero-order valence-corrected chi connectivity index (χ0v) is 12.2. The van der Waals surface area contributed by atoms with Gasteiger partial charge in [0.15, 0.2) is 0 Å². The molecule has 1 heterocycles. The first kappa shape index (κ1) is 14.2. The summed E-state index contributed by atoms with van der Waals surface area (Å²) in [6, 6.07) is 14.1. The molecule has 3 nitrogen and oxygen atoms in total. The molecule has 4 heteroatoms. The van der Waals surface area contributed by atoms with Gasteiger partial charge in [0.1, 0.15) is 0 Å². The fourth-order valence-corrected chi connectivity index (χ4v) is 2.55. The number of rotatable bonds is 6. The Morgan fingerprint density at radius 1 is 1.16 bits per heavy atom. The summed E-state index contributed by atoms with van der Waals surface area (Å²) in [4.78, 5) is 4.29. The molecule has 0 aliphatic rings. The van der Waals surface area contributed by atoms with Gasteiger partial charge in [-0.05, 0) is 30.2 Å². The van der Waals surface area contributed by atoms with Crippen LogP contribution < -0.4 is 5.32 Å². The van der Waals surface area contributed by atoms with Crippen LogP contribution >= 0.6 is 15.9 Å². The fourth-order valence-electron chi connectivity index (χ4n) is 1.98. The number of benzene rings is 1. The van der Waals surface area contributed by atoms with Gasteiger partial charge >= 0.3 is 0 Å². The third kappa shape index (κ3) is 4.13. The molecule has 0 radical (unpaired) electrons. The standard InChI is InChI=1S/C15H17BrN2O/c16-14-7-2-1-6-13(14)15(8-10-19)18-11-12-5-3-4-9-17-12/h1-7,9,15,18-19H,8,10-11H2/t15-/m1/s1. The Morgan fingerprint density at radius 3 is 2.63 bits per heavy atom. The first-order valence-corrected chi connectivity index (χ1v) is 7.09. The predicted molar refractivity (Wildman–Crippen MR) is 79.7 cm³/mol. The number of aromatic nitrogens is 1. The van der Waals surface area contributed by atoms with Gasteiger partial charge in [0.2, 0.25) is 0 Å². The normalized spacial score (nSPS) is 12.3. The molecule has 2 rings (SSSR count). The van der Waals surface area contributed by atoms with Crippen LogP contribution in [0.3, 0.4) is 0 Å². The molecule has 1 aromatic heterocycles. The number of nitrogens with one attached hydrogen (secondary N) is 1. The Bertz CT molecular complexity index is 505. The van der Waals surface area contributed by atoms with Crippen molar-refractivity contribution in [2.75, 3.05) is 6.61 Å². The molecule has 0 amide bonds. The number of aliphatic hydroxyl groups is 1. The Kier molecular flexibility index (Phi) is 5.51. The lowest BCUT2D eigenvalue weighted by molar-refractivity contribution is 0.264. The van der Waals surface area contributed by atoms with Gasteiger partial charge < -0.3 is 10.4 Å². The summed E-state index contributed by atoms with van der Waals surface area (Å²) in [5.74, 6) is 0. The summed E-state index contributed by atoms with van der Waals surface area (Å²) in [6.45, 7) is 0.841. The third-order valence-electron chi connectivity index (χ3n) is 2.95. The molecule has 19 heavy (non-hydrogen) atoms. The summed E-state index contributed by atoms with van der Waals surface area (Å²) >= 11 is 3.56. The molecule has 2 aromatic rings. The van der Waals surface area contributed by atoms with Crippen molar-refractivity contribution >= 4 is 15.9 Å². The quantitative estimate of drug-likeness (QED) is 0.859. The summed E-state index contributed by atoms with van der Waals surface area (Å²) in [5, 5.41) is 12.7. The SMILES string of the molecule is OCC[C@@H](NCc1ccccn1)c1ccccc1Br. The zero-order chi connectivity index (χ0) is 13.5. The monoisotopic (exact) mass is 320 g/mol. The molecule has 1 aromatic carbocycles. The minimum absolute atomic E-state index is 0.114. The van der Waals surface area contributed by atoms with Crippen LogP contribution in [-0.4, -0.2) is 16.7 Å². The highest BCUT2D eigenvalue weighted by Crippen LogP contribution is 2.25. The minimum Gasteiger partial charge on any atom is -0.396 e. The highest BCUT2D eigenvalue weighted by molar-refractivity contribution is 9.10. The van der Waals surface area contributed by atoms with Gasteiger partial charge in [-0.1, -0.05) is 40.2 Å². The maximum absolute atomic E-state index is 9.22. The van der Waals surface area contributed by atoms with Crippen LogP contribution in [0, 0.1) is 0 Å². The first-order valence-electron chi connectivity index (χ1n) is 6.30. The van der Waals surface area contributed by atoms with Crippen LogP contribution in [0.5, 0.6) is 0 Å². The number of halogens is 1. The Hall–Kier alpha value is -1.23. The molecule has 0 aliphatic heterocycles. The van der Waals surface area contributed by atoms with Crippen molar-refractivity contribution in [3.63, 3.8) is 0 Å². The number of aliphatic hydroxyl groups excluding tert-OH is 1. The van der Waals surface area contributed by atoms with Crippen LogP contribution in [0.4, 0.5) is 0 Å². The molecular formula is C15H17BrN2O. The summed E-state index contributed by atoms with van der Waals surface area (Å²) in [5.41, 5.74) is 2.16. The molecular weight excluding hydrogens is 304 g/mol. The van der Waals surface area contributed by atoms with Crippen molar-refractivity contribution in [3.8, 4) is 0 Å². The van der Waals surface area contributed by atoms with Crippen LogP contribution in [0.15, 0.2) is 53.1 Å². The smallest absolute Gasteiger partial charge is 0.0541 e. The highest BCUT2D eigenvalue weighted by Gasteiger charge is 2.13. The zero-order valence-electron chi connectivity index (χ0n) is 10.6. The average molecular weight is 321 g/mol. The van der Waals surface area contributed by atoms with Crippen molar-refractivity contribution < 1.29 is 5.11 Å². The van der Waals surface area contributed by atoms with E-state index in [-0.39, 0.29) is 12.6 Å². The van der Waals surface area contributed by atoms with Gasteiger partial charge in [0, 0.05) is 29.9 Å². The van der Waals surface area contributed by atoms with E-state index < -0.39 is 0 Å². The van der Waals surface area contributed by atoms with Crippen molar-refractivity contribution in [2.45, 2.75) is 19.0 Å². The number of pyridine rings is 1. The lowest BCUT2D eigenvalue weighted by atomic mass is 10.0. The molecule has 2 N–H and O–H groups in total. The highest BCUT2D eigenvalue weighted by atomic mass is 79.9.